The first-order valence-electron chi connectivity index (χ1n) is 5.61. The van der Waals surface area contributed by atoms with Crippen molar-refractivity contribution in [2.24, 2.45) is 5.73 Å². The van der Waals surface area contributed by atoms with Gasteiger partial charge in [0.2, 0.25) is 0 Å². The van der Waals surface area contributed by atoms with E-state index in [0.29, 0.717) is 0 Å². The van der Waals surface area contributed by atoms with Crippen molar-refractivity contribution in [1.82, 2.24) is 0 Å². The first-order valence-corrected chi connectivity index (χ1v) is 5.61. The molecular formula is C13H17N. The highest BCUT2D eigenvalue weighted by Gasteiger charge is 2.40. The second kappa shape index (κ2) is 2.60. The zero-order valence-corrected chi connectivity index (χ0v) is 8.72. The van der Waals surface area contributed by atoms with Crippen molar-refractivity contribution in [2.75, 3.05) is 0 Å². The molecule has 2 aliphatic carbocycles. The second-order valence-corrected chi connectivity index (χ2v) is 5.01. The third-order valence-electron chi connectivity index (χ3n) is 3.89. The molecule has 1 aromatic rings. The van der Waals surface area contributed by atoms with Gasteiger partial charge in [-0.25, -0.2) is 0 Å². The monoisotopic (exact) mass is 187 g/mol. The maximum absolute atomic E-state index is 6.21. The quantitative estimate of drug-likeness (QED) is 0.718. The predicted molar refractivity (Wildman–Crippen MR) is 58.3 cm³/mol. The number of rotatable bonds is 1. The Hall–Kier alpha value is -0.820. The average molecular weight is 187 g/mol. The van der Waals surface area contributed by atoms with Gasteiger partial charge in [-0.1, -0.05) is 25.1 Å². The molecule has 1 heteroatoms. The van der Waals surface area contributed by atoms with E-state index in [1.165, 1.54) is 31.2 Å². The van der Waals surface area contributed by atoms with Crippen LogP contribution in [0.3, 0.4) is 0 Å². The van der Waals surface area contributed by atoms with Crippen molar-refractivity contribution < 1.29 is 0 Å². The summed E-state index contributed by atoms with van der Waals surface area (Å²) in [6.45, 7) is 2.33. The van der Waals surface area contributed by atoms with Gasteiger partial charge in [0.05, 0.1) is 0 Å². The predicted octanol–water partition coefficient (Wildman–Crippen LogP) is 2.68. The van der Waals surface area contributed by atoms with E-state index >= 15 is 0 Å². The Labute approximate surface area is 85.3 Å². The molecule has 2 N–H and O–H groups in total. The van der Waals surface area contributed by atoms with Crippen molar-refractivity contribution in [1.29, 1.82) is 0 Å². The van der Waals surface area contributed by atoms with E-state index in [-0.39, 0.29) is 5.54 Å². The molecule has 14 heavy (non-hydrogen) atoms. The maximum atomic E-state index is 6.21. The van der Waals surface area contributed by atoms with E-state index < -0.39 is 0 Å². The fraction of sp³-hybridized carbons (Fsp3) is 0.538. The van der Waals surface area contributed by atoms with E-state index in [9.17, 15) is 0 Å². The minimum atomic E-state index is 0.0390. The summed E-state index contributed by atoms with van der Waals surface area (Å²) in [5, 5.41) is 0. The fourth-order valence-corrected chi connectivity index (χ4v) is 2.54. The lowest BCUT2D eigenvalue weighted by Crippen LogP contribution is -2.18. The van der Waals surface area contributed by atoms with Crippen molar-refractivity contribution in [3.63, 3.8) is 0 Å². The minimum absolute atomic E-state index is 0.0390. The molecule has 0 radical (unpaired) electrons. The third kappa shape index (κ3) is 1.12. The van der Waals surface area contributed by atoms with E-state index in [0.717, 1.165) is 5.92 Å². The van der Waals surface area contributed by atoms with Gasteiger partial charge in [0, 0.05) is 5.54 Å². The molecule has 1 fully saturated rings. The van der Waals surface area contributed by atoms with Gasteiger partial charge in [-0.15, -0.1) is 0 Å². The van der Waals surface area contributed by atoms with Gasteiger partial charge < -0.3 is 5.73 Å². The first-order chi connectivity index (χ1) is 6.69. The molecule has 0 saturated heterocycles. The number of fused-ring (bicyclic) bond motifs is 1. The van der Waals surface area contributed by atoms with Crippen LogP contribution in [0, 0.1) is 0 Å². The summed E-state index contributed by atoms with van der Waals surface area (Å²) in [6, 6.07) is 6.89. The van der Waals surface area contributed by atoms with Gasteiger partial charge in [-0.3, -0.25) is 0 Å². The van der Waals surface area contributed by atoms with Crippen LogP contribution < -0.4 is 5.73 Å². The lowest BCUT2D eigenvalue weighted by molar-refractivity contribution is 0.726. The summed E-state index contributed by atoms with van der Waals surface area (Å²) < 4.78 is 0. The maximum Gasteiger partial charge on any atom is 0.0411 e. The van der Waals surface area contributed by atoms with Gasteiger partial charge in [-0.05, 0) is 48.3 Å². The number of nitrogens with two attached hydrogens (primary N) is 1. The van der Waals surface area contributed by atoms with Crippen LogP contribution in [0.25, 0.3) is 0 Å². The van der Waals surface area contributed by atoms with Gasteiger partial charge in [-0.2, -0.15) is 0 Å². The average Bonchev–Trinajstić information content (AvgIpc) is 2.84. The molecule has 0 aromatic heterocycles. The molecule has 1 atom stereocenters. The number of hydrogen-bond donors (Lipinski definition) is 1. The summed E-state index contributed by atoms with van der Waals surface area (Å²) in [6.07, 6.45) is 4.91. The molecule has 0 bridgehead atoms. The van der Waals surface area contributed by atoms with Crippen LogP contribution in [0.5, 0.6) is 0 Å². The van der Waals surface area contributed by atoms with E-state index in [4.69, 9.17) is 5.73 Å². The summed E-state index contributed by atoms with van der Waals surface area (Å²) in [5.41, 5.74) is 10.7. The van der Waals surface area contributed by atoms with Crippen LogP contribution >= 0.6 is 0 Å². The zero-order valence-electron chi connectivity index (χ0n) is 8.72. The van der Waals surface area contributed by atoms with Crippen molar-refractivity contribution in [3.8, 4) is 0 Å². The molecule has 0 spiro atoms. The number of aryl methyl sites for hydroxylation is 1. The second-order valence-electron chi connectivity index (χ2n) is 5.01. The number of benzene rings is 1. The van der Waals surface area contributed by atoms with Crippen LogP contribution in [0.2, 0.25) is 0 Å². The van der Waals surface area contributed by atoms with Gasteiger partial charge in [0.15, 0.2) is 0 Å². The molecule has 74 valence electrons. The molecule has 0 heterocycles. The highest BCUT2D eigenvalue weighted by Crippen LogP contribution is 2.44. The summed E-state index contributed by atoms with van der Waals surface area (Å²) in [7, 11) is 0. The van der Waals surface area contributed by atoms with Gasteiger partial charge in [0.25, 0.3) is 0 Å². The molecule has 2 aliphatic rings. The summed E-state index contributed by atoms with van der Waals surface area (Å²) in [5.74, 6) is 0.743. The van der Waals surface area contributed by atoms with E-state index in [1.807, 2.05) is 0 Å². The van der Waals surface area contributed by atoms with Gasteiger partial charge >= 0.3 is 0 Å². The van der Waals surface area contributed by atoms with Crippen molar-refractivity contribution >= 4 is 0 Å². The third-order valence-corrected chi connectivity index (χ3v) is 3.89. The highest BCUT2D eigenvalue weighted by atomic mass is 14.8. The molecule has 1 aromatic carbocycles. The molecule has 1 nitrogen and oxygen atoms in total. The molecule has 0 amide bonds. The Morgan fingerprint density at radius 3 is 2.86 bits per heavy atom. The van der Waals surface area contributed by atoms with Crippen molar-refractivity contribution in [3.05, 3.63) is 34.9 Å². The topological polar surface area (TPSA) is 26.0 Å². The Balaban J connectivity index is 2.06. The van der Waals surface area contributed by atoms with Gasteiger partial charge in [0.1, 0.15) is 0 Å². The zero-order chi connectivity index (χ0) is 9.76. The Kier molecular flexibility index (Phi) is 1.58. The minimum Gasteiger partial charge on any atom is -0.321 e. The van der Waals surface area contributed by atoms with E-state index in [1.54, 1.807) is 11.1 Å². The normalized spacial score (nSPS) is 27.4. The van der Waals surface area contributed by atoms with E-state index in [2.05, 4.69) is 25.1 Å². The SMILES string of the molecule is CC1CCc2ccc(C3(N)CC3)cc21. The molecule has 3 rings (SSSR count). The largest absolute Gasteiger partial charge is 0.321 e. The fourth-order valence-electron chi connectivity index (χ4n) is 2.54. The van der Waals surface area contributed by atoms with Crippen LogP contribution in [0.4, 0.5) is 0 Å². The Morgan fingerprint density at radius 2 is 2.14 bits per heavy atom. The van der Waals surface area contributed by atoms with Crippen LogP contribution in [0.15, 0.2) is 18.2 Å². The number of hydrogen-bond acceptors (Lipinski definition) is 1. The lowest BCUT2D eigenvalue weighted by Gasteiger charge is -2.12. The summed E-state index contributed by atoms with van der Waals surface area (Å²) >= 11 is 0. The Morgan fingerprint density at radius 1 is 1.36 bits per heavy atom. The van der Waals surface area contributed by atoms with Crippen LogP contribution in [-0.2, 0) is 12.0 Å². The van der Waals surface area contributed by atoms with Crippen molar-refractivity contribution in [2.45, 2.75) is 44.1 Å². The molecular weight excluding hydrogens is 170 g/mol. The molecule has 1 unspecified atom stereocenters. The van der Waals surface area contributed by atoms with Crippen LogP contribution in [0.1, 0.15) is 48.8 Å². The standard InChI is InChI=1S/C13H17N/c1-9-2-3-10-4-5-11(8-12(9)10)13(14)6-7-13/h4-5,8-9H,2-3,6-7,14H2,1H3. The van der Waals surface area contributed by atoms with Crippen LogP contribution in [-0.4, -0.2) is 0 Å². The molecule has 0 aliphatic heterocycles. The highest BCUT2D eigenvalue weighted by molar-refractivity contribution is 5.42. The summed E-state index contributed by atoms with van der Waals surface area (Å²) in [4.78, 5) is 0. The Bertz CT molecular complexity index is 377. The smallest absolute Gasteiger partial charge is 0.0411 e. The lowest BCUT2D eigenvalue weighted by atomic mass is 9.97. The molecule has 1 saturated carbocycles. The first kappa shape index (κ1) is 8.49.